The summed E-state index contributed by atoms with van der Waals surface area (Å²) in [5.41, 5.74) is 5.98. The molecule has 0 saturated heterocycles. The first-order valence-electron chi connectivity index (χ1n) is 12.1. The van der Waals surface area contributed by atoms with E-state index in [4.69, 9.17) is 0 Å². The first-order valence-corrected chi connectivity index (χ1v) is 14.1. The quantitative estimate of drug-likeness (QED) is 0.377. The molecule has 1 aromatic carbocycles. The predicted octanol–water partition coefficient (Wildman–Crippen LogP) is 5.96. The zero-order valence-electron chi connectivity index (χ0n) is 19.8. The van der Waals surface area contributed by atoms with Gasteiger partial charge in [0.15, 0.2) is 7.29 Å². The molecular formula is C27H35N4OP. The highest BCUT2D eigenvalue weighted by Gasteiger charge is 2.27. The van der Waals surface area contributed by atoms with Crippen LogP contribution in [0, 0.1) is 0 Å². The summed E-state index contributed by atoms with van der Waals surface area (Å²) in [6.45, 7) is 6.16. The van der Waals surface area contributed by atoms with Gasteiger partial charge in [0.25, 0.3) is 0 Å². The number of hydrogen-bond donors (Lipinski definition) is 1. The van der Waals surface area contributed by atoms with Crippen LogP contribution in [-0.2, 0) is 30.6 Å². The van der Waals surface area contributed by atoms with Crippen LogP contribution in [0.1, 0.15) is 60.8 Å². The van der Waals surface area contributed by atoms with Gasteiger partial charge < -0.3 is 9.88 Å². The van der Waals surface area contributed by atoms with Crippen LogP contribution < -0.4 is 5.32 Å². The van der Waals surface area contributed by atoms with Gasteiger partial charge in [0.1, 0.15) is 0 Å². The largest absolute Gasteiger partial charge is 0.307 e. The van der Waals surface area contributed by atoms with E-state index in [9.17, 15) is 4.57 Å². The smallest absolute Gasteiger partial charge is 0.150 e. The molecule has 174 valence electrons. The van der Waals surface area contributed by atoms with Crippen LogP contribution in [0.5, 0.6) is 0 Å². The Hall–Kier alpha value is -2.33. The minimum absolute atomic E-state index is 0.323. The lowest BCUT2D eigenvalue weighted by Gasteiger charge is -2.30. The number of nitrogens with zero attached hydrogens (tertiary/aromatic N) is 3. The Kier molecular flexibility index (Phi) is 8.08. The fourth-order valence-corrected chi connectivity index (χ4v) is 6.71. The van der Waals surface area contributed by atoms with E-state index in [-0.39, 0.29) is 0 Å². The van der Waals surface area contributed by atoms with Crippen molar-refractivity contribution >= 4 is 7.29 Å². The standard InChI is InChI=1S/C27H35N4OP/c1-3-33(32,4-2)31(21-25-11-5-6-17-28-25)20-23-15-13-22(14-16-23)19-30-26-12-7-9-24-10-8-18-29-27(24)26/h5-6,8,10-11,13-18,26,30H,3-4,7,9,12,19-21H2,1-2H3. The normalized spacial score (nSPS) is 16.0. The maximum Gasteiger partial charge on any atom is 0.150 e. The summed E-state index contributed by atoms with van der Waals surface area (Å²) < 4.78 is 15.7. The van der Waals surface area contributed by atoms with Crippen molar-refractivity contribution in [2.75, 3.05) is 12.3 Å². The Bertz CT molecular complexity index is 1060. The van der Waals surface area contributed by atoms with E-state index in [2.05, 4.69) is 50.3 Å². The molecule has 5 nitrogen and oxygen atoms in total. The minimum Gasteiger partial charge on any atom is -0.307 e. The molecule has 0 fully saturated rings. The highest BCUT2D eigenvalue weighted by Crippen LogP contribution is 2.50. The van der Waals surface area contributed by atoms with Crippen molar-refractivity contribution in [2.24, 2.45) is 0 Å². The van der Waals surface area contributed by atoms with Crippen LogP contribution in [0.3, 0.4) is 0 Å². The molecule has 0 radical (unpaired) electrons. The van der Waals surface area contributed by atoms with Crippen molar-refractivity contribution in [1.82, 2.24) is 20.0 Å². The van der Waals surface area contributed by atoms with Gasteiger partial charge in [-0.1, -0.05) is 50.2 Å². The van der Waals surface area contributed by atoms with Gasteiger partial charge in [-0.25, -0.2) is 4.67 Å². The van der Waals surface area contributed by atoms with Crippen molar-refractivity contribution in [2.45, 2.75) is 58.8 Å². The van der Waals surface area contributed by atoms with E-state index in [1.54, 1.807) is 6.20 Å². The van der Waals surface area contributed by atoms with Crippen LogP contribution >= 0.6 is 7.29 Å². The number of benzene rings is 1. The second-order valence-corrected chi connectivity index (χ2v) is 12.3. The topological polar surface area (TPSA) is 58.1 Å². The molecule has 1 aliphatic rings. The van der Waals surface area contributed by atoms with E-state index in [1.807, 2.05) is 44.3 Å². The van der Waals surface area contributed by atoms with E-state index in [1.165, 1.54) is 28.8 Å². The monoisotopic (exact) mass is 462 g/mol. The van der Waals surface area contributed by atoms with Gasteiger partial charge in [0.2, 0.25) is 0 Å². The van der Waals surface area contributed by atoms with Gasteiger partial charge in [0, 0.05) is 44.4 Å². The molecule has 1 aliphatic carbocycles. The van der Waals surface area contributed by atoms with Crippen molar-refractivity contribution < 1.29 is 4.57 Å². The Morgan fingerprint density at radius 3 is 2.42 bits per heavy atom. The molecule has 0 spiro atoms. The molecule has 0 aliphatic heterocycles. The number of nitrogens with one attached hydrogen (secondary N) is 1. The Labute approximate surface area is 198 Å². The van der Waals surface area contributed by atoms with Crippen molar-refractivity contribution in [3.05, 3.63) is 95.1 Å². The average molecular weight is 463 g/mol. The summed E-state index contributed by atoms with van der Waals surface area (Å²) in [6.07, 6.45) is 8.52. The molecule has 2 heterocycles. The Balaban J connectivity index is 1.41. The molecule has 0 saturated carbocycles. The predicted molar refractivity (Wildman–Crippen MR) is 135 cm³/mol. The highest BCUT2D eigenvalue weighted by atomic mass is 31.2. The average Bonchev–Trinajstić information content (AvgIpc) is 2.88. The Morgan fingerprint density at radius 2 is 1.70 bits per heavy atom. The highest BCUT2D eigenvalue weighted by molar-refractivity contribution is 7.61. The van der Waals surface area contributed by atoms with E-state index in [0.717, 1.165) is 25.1 Å². The lowest BCUT2D eigenvalue weighted by atomic mass is 9.92. The second-order valence-electron chi connectivity index (χ2n) is 8.81. The summed E-state index contributed by atoms with van der Waals surface area (Å²) in [4.78, 5) is 9.10. The molecule has 6 heteroatoms. The lowest BCUT2D eigenvalue weighted by Crippen LogP contribution is -2.26. The molecule has 0 bridgehead atoms. The first-order chi connectivity index (χ1) is 16.1. The molecule has 33 heavy (non-hydrogen) atoms. The third-order valence-electron chi connectivity index (χ3n) is 6.71. The van der Waals surface area contributed by atoms with Gasteiger partial charge >= 0.3 is 0 Å². The third-order valence-corrected chi connectivity index (χ3v) is 10.0. The summed E-state index contributed by atoms with van der Waals surface area (Å²) in [6, 6.07) is 19.2. The zero-order chi connectivity index (χ0) is 23.1. The van der Waals surface area contributed by atoms with Crippen LogP contribution in [0.2, 0.25) is 0 Å². The number of aryl methyl sites for hydroxylation is 1. The van der Waals surface area contributed by atoms with Gasteiger partial charge in [-0.2, -0.15) is 0 Å². The maximum absolute atomic E-state index is 13.6. The molecular weight excluding hydrogens is 427 g/mol. The van der Waals surface area contributed by atoms with Gasteiger partial charge in [-0.3, -0.25) is 9.97 Å². The number of hydrogen-bond acceptors (Lipinski definition) is 4. The van der Waals surface area contributed by atoms with Crippen LogP contribution in [-0.4, -0.2) is 27.0 Å². The first kappa shape index (κ1) is 23.8. The van der Waals surface area contributed by atoms with Gasteiger partial charge in [0.05, 0.1) is 17.4 Å². The zero-order valence-corrected chi connectivity index (χ0v) is 20.7. The second kappa shape index (κ2) is 11.2. The Morgan fingerprint density at radius 1 is 0.939 bits per heavy atom. The van der Waals surface area contributed by atoms with Gasteiger partial charge in [-0.05, 0) is 54.2 Å². The number of fused-ring (bicyclic) bond motifs is 1. The summed E-state index contributed by atoms with van der Waals surface area (Å²) in [5.74, 6) is 0. The van der Waals surface area contributed by atoms with E-state index < -0.39 is 7.29 Å². The fourth-order valence-electron chi connectivity index (χ4n) is 4.64. The molecule has 2 aromatic heterocycles. The van der Waals surface area contributed by atoms with E-state index in [0.29, 0.717) is 31.5 Å². The SMILES string of the molecule is CCP(=O)(CC)N(Cc1ccc(CNC2CCCc3cccnc32)cc1)Cc1ccccn1. The van der Waals surface area contributed by atoms with Crippen molar-refractivity contribution in [1.29, 1.82) is 0 Å². The summed E-state index contributed by atoms with van der Waals surface area (Å²) >= 11 is 0. The molecule has 1 unspecified atom stereocenters. The summed E-state index contributed by atoms with van der Waals surface area (Å²) in [7, 11) is -2.42. The maximum atomic E-state index is 13.6. The lowest BCUT2D eigenvalue weighted by molar-refractivity contribution is 0.395. The molecule has 3 aromatic rings. The number of rotatable bonds is 10. The van der Waals surface area contributed by atoms with Crippen LogP contribution in [0.25, 0.3) is 0 Å². The van der Waals surface area contributed by atoms with Gasteiger partial charge in [-0.15, -0.1) is 0 Å². The van der Waals surface area contributed by atoms with Crippen molar-refractivity contribution in [3.63, 3.8) is 0 Å². The third kappa shape index (κ3) is 5.97. The van der Waals surface area contributed by atoms with Crippen molar-refractivity contribution in [3.8, 4) is 0 Å². The fraction of sp³-hybridized carbons (Fsp3) is 0.407. The number of aromatic nitrogens is 2. The molecule has 1 atom stereocenters. The molecule has 0 amide bonds. The van der Waals surface area contributed by atoms with E-state index >= 15 is 0 Å². The van der Waals surface area contributed by atoms with Crippen LogP contribution in [0.4, 0.5) is 0 Å². The minimum atomic E-state index is -2.42. The molecule has 4 rings (SSSR count). The number of pyridine rings is 2. The molecule has 1 N–H and O–H groups in total. The summed E-state index contributed by atoms with van der Waals surface area (Å²) in [5, 5.41) is 3.70. The van der Waals surface area contributed by atoms with Crippen LogP contribution in [0.15, 0.2) is 67.0 Å².